The Balaban J connectivity index is 2.77. The van der Waals surface area contributed by atoms with Gasteiger partial charge in [0, 0.05) is 13.1 Å². The fourth-order valence-corrected chi connectivity index (χ4v) is 3.82. The SMILES string of the molecule is COC(=O)C[C@H](C(=O)OC)P(=O)(O)CN1CCOCC1. The predicted octanol–water partition coefficient (Wildman–Crippen LogP) is -0.349. The summed E-state index contributed by atoms with van der Waals surface area (Å²) in [4.78, 5) is 34.8. The molecule has 1 N–H and O–H groups in total. The first-order chi connectivity index (χ1) is 9.40. The highest BCUT2D eigenvalue weighted by molar-refractivity contribution is 7.59. The molecule has 1 unspecified atom stereocenters. The Morgan fingerprint density at radius 3 is 2.40 bits per heavy atom. The lowest BCUT2D eigenvalue weighted by Crippen LogP contribution is -2.39. The molecule has 0 bridgehead atoms. The van der Waals surface area contributed by atoms with Crippen LogP contribution in [-0.4, -0.2) is 74.2 Å². The summed E-state index contributed by atoms with van der Waals surface area (Å²) in [7, 11) is -1.65. The molecule has 0 amide bonds. The van der Waals surface area contributed by atoms with Crippen molar-refractivity contribution in [2.45, 2.75) is 12.1 Å². The van der Waals surface area contributed by atoms with E-state index in [1.54, 1.807) is 4.90 Å². The lowest BCUT2D eigenvalue weighted by molar-refractivity contribution is -0.147. The average molecular weight is 309 g/mol. The van der Waals surface area contributed by atoms with Gasteiger partial charge in [-0.05, 0) is 0 Å². The largest absolute Gasteiger partial charge is 0.469 e. The van der Waals surface area contributed by atoms with Crippen molar-refractivity contribution in [3.8, 4) is 0 Å². The molecule has 0 radical (unpaired) electrons. The number of methoxy groups -OCH3 is 2. The van der Waals surface area contributed by atoms with Gasteiger partial charge in [-0.3, -0.25) is 19.1 Å². The molecule has 0 spiro atoms. The van der Waals surface area contributed by atoms with Crippen molar-refractivity contribution in [1.29, 1.82) is 0 Å². The minimum absolute atomic E-state index is 0.173. The molecule has 0 aliphatic carbocycles. The zero-order valence-electron chi connectivity index (χ0n) is 11.6. The molecule has 8 nitrogen and oxygen atoms in total. The maximum absolute atomic E-state index is 12.4. The molecule has 116 valence electrons. The van der Waals surface area contributed by atoms with Crippen LogP contribution in [0.3, 0.4) is 0 Å². The summed E-state index contributed by atoms with van der Waals surface area (Å²) >= 11 is 0. The van der Waals surface area contributed by atoms with Crippen LogP contribution in [0.2, 0.25) is 0 Å². The number of hydrogen-bond donors (Lipinski definition) is 1. The van der Waals surface area contributed by atoms with E-state index in [2.05, 4.69) is 9.47 Å². The minimum atomic E-state index is -3.92. The van der Waals surface area contributed by atoms with E-state index in [1.807, 2.05) is 0 Å². The van der Waals surface area contributed by atoms with Gasteiger partial charge >= 0.3 is 11.9 Å². The highest BCUT2D eigenvalue weighted by Gasteiger charge is 2.41. The van der Waals surface area contributed by atoms with Crippen molar-refractivity contribution in [3.05, 3.63) is 0 Å². The molecule has 1 rings (SSSR count). The quantitative estimate of drug-likeness (QED) is 0.525. The molecule has 1 fully saturated rings. The summed E-state index contributed by atoms with van der Waals surface area (Å²) < 4.78 is 26.5. The first-order valence-corrected chi connectivity index (χ1v) is 8.08. The van der Waals surface area contributed by atoms with E-state index in [9.17, 15) is 19.0 Å². The van der Waals surface area contributed by atoms with E-state index in [-0.39, 0.29) is 6.29 Å². The topological polar surface area (TPSA) is 102 Å². The molecule has 0 aromatic rings. The van der Waals surface area contributed by atoms with Gasteiger partial charge in [-0.1, -0.05) is 0 Å². The summed E-state index contributed by atoms with van der Waals surface area (Å²) in [5, 5.41) is 0. The van der Waals surface area contributed by atoms with Gasteiger partial charge in [-0.25, -0.2) is 0 Å². The molecule has 1 aliphatic heterocycles. The van der Waals surface area contributed by atoms with Crippen LogP contribution < -0.4 is 0 Å². The van der Waals surface area contributed by atoms with E-state index >= 15 is 0 Å². The zero-order chi connectivity index (χ0) is 15.2. The smallest absolute Gasteiger partial charge is 0.319 e. The van der Waals surface area contributed by atoms with Crippen molar-refractivity contribution in [2.75, 3.05) is 46.8 Å². The van der Waals surface area contributed by atoms with Crippen LogP contribution in [0.4, 0.5) is 0 Å². The van der Waals surface area contributed by atoms with Crippen LogP contribution in [0.15, 0.2) is 0 Å². The lowest BCUT2D eigenvalue weighted by atomic mass is 10.3. The van der Waals surface area contributed by atoms with Gasteiger partial charge < -0.3 is 19.1 Å². The Labute approximate surface area is 117 Å². The van der Waals surface area contributed by atoms with Crippen LogP contribution >= 0.6 is 7.37 Å². The maximum atomic E-state index is 12.4. The molecule has 0 saturated carbocycles. The van der Waals surface area contributed by atoms with Crippen molar-refractivity contribution < 1.29 is 33.3 Å². The summed E-state index contributed by atoms with van der Waals surface area (Å²) in [6, 6.07) is 0. The van der Waals surface area contributed by atoms with E-state index in [0.29, 0.717) is 26.3 Å². The third kappa shape index (κ3) is 4.86. The molecule has 20 heavy (non-hydrogen) atoms. The minimum Gasteiger partial charge on any atom is -0.469 e. The Bertz CT molecular complexity index is 394. The monoisotopic (exact) mass is 309 g/mol. The van der Waals surface area contributed by atoms with Gasteiger partial charge in [0.15, 0.2) is 0 Å². The first-order valence-electron chi connectivity index (χ1n) is 6.17. The Kier molecular flexibility index (Phi) is 6.61. The van der Waals surface area contributed by atoms with E-state index in [4.69, 9.17) is 4.74 Å². The molecule has 0 aromatic carbocycles. The van der Waals surface area contributed by atoms with Crippen LogP contribution in [-0.2, 0) is 28.4 Å². The third-order valence-corrected chi connectivity index (χ3v) is 5.23. The van der Waals surface area contributed by atoms with Gasteiger partial charge in [-0.15, -0.1) is 0 Å². The average Bonchev–Trinajstić information content (AvgIpc) is 2.44. The molecule has 1 heterocycles. The third-order valence-electron chi connectivity index (χ3n) is 3.05. The fourth-order valence-electron chi connectivity index (χ4n) is 1.90. The number of esters is 2. The summed E-state index contributed by atoms with van der Waals surface area (Å²) in [5.41, 5.74) is -1.40. The van der Waals surface area contributed by atoms with E-state index in [0.717, 1.165) is 14.2 Å². The van der Waals surface area contributed by atoms with Crippen LogP contribution in [0.1, 0.15) is 6.42 Å². The Morgan fingerprint density at radius 1 is 1.30 bits per heavy atom. The zero-order valence-corrected chi connectivity index (χ0v) is 12.5. The molecular weight excluding hydrogens is 289 g/mol. The van der Waals surface area contributed by atoms with Crippen molar-refractivity contribution in [1.82, 2.24) is 4.90 Å². The molecule has 1 aliphatic rings. The number of morpholine rings is 1. The number of nitrogens with zero attached hydrogens (tertiary/aromatic N) is 1. The second kappa shape index (κ2) is 7.73. The lowest BCUT2D eigenvalue weighted by Gasteiger charge is -2.30. The number of hydrogen-bond acceptors (Lipinski definition) is 7. The van der Waals surface area contributed by atoms with Gasteiger partial charge in [-0.2, -0.15) is 0 Å². The second-order valence-corrected chi connectivity index (χ2v) is 6.86. The highest BCUT2D eigenvalue weighted by atomic mass is 31.2. The summed E-state index contributed by atoms with van der Waals surface area (Å²) in [6.07, 6.45) is -0.644. The standard InChI is InChI=1S/C11H20NO7P/c1-17-10(13)7-9(11(14)18-2)20(15,16)8-12-3-5-19-6-4-12/h9H,3-8H2,1-2H3,(H,15,16)/t9-/m1/s1. The van der Waals surface area contributed by atoms with Crippen molar-refractivity contribution >= 4 is 19.3 Å². The maximum Gasteiger partial charge on any atom is 0.319 e. The van der Waals surface area contributed by atoms with E-state index in [1.165, 1.54) is 0 Å². The number of rotatable bonds is 6. The van der Waals surface area contributed by atoms with Gasteiger partial charge in [0.2, 0.25) is 7.37 Å². The number of carbonyl (C=O) groups is 2. The highest BCUT2D eigenvalue weighted by Crippen LogP contribution is 2.49. The van der Waals surface area contributed by atoms with Crippen LogP contribution in [0, 0.1) is 0 Å². The van der Waals surface area contributed by atoms with E-state index < -0.39 is 31.4 Å². The summed E-state index contributed by atoms with van der Waals surface area (Å²) in [6.45, 7) is 1.97. The molecule has 9 heteroatoms. The van der Waals surface area contributed by atoms with Gasteiger partial charge in [0.05, 0.1) is 40.1 Å². The molecular formula is C11H20NO7P. The van der Waals surface area contributed by atoms with Crippen LogP contribution in [0.5, 0.6) is 0 Å². The van der Waals surface area contributed by atoms with Crippen LogP contribution in [0.25, 0.3) is 0 Å². The second-order valence-electron chi connectivity index (χ2n) is 4.45. The fraction of sp³-hybridized carbons (Fsp3) is 0.818. The Hall–Kier alpha value is -0.950. The Morgan fingerprint density at radius 2 is 1.90 bits per heavy atom. The first kappa shape index (κ1) is 17.1. The van der Waals surface area contributed by atoms with Crippen molar-refractivity contribution in [2.24, 2.45) is 0 Å². The molecule has 0 aromatic heterocycles. The number of ether oxygens (including phenoxy) is 3. The predicted molar refractivity (Wildman–Crippen MR) is 69.5 cm³/mol. The van der Waals surface area contributed by atoms with Gasteiger partial charge in [0.1, 0.15) is 5.66 Å². The summed E-state index contributed by atoms with van der Waals surface area (Å²) in [5.74, 6) is -1.61. The number of carbonyl (C=O) groups excluding carboxylic acids is 2. The normalized spacial score (nSPS) is 20.8. The molecule has 1 saturated heterocycles. The van der Waals surface area contributed by atoms with Gasteiger partial charge in [0.25, 0.3) is 0 Å². The van der Waals surface area contributed by atoms with Crippen molar-refractivity contribution in [3.63, 3.8) is 0 Å². The molecule has 2 atom stereocenters.